The first-order valence-electron chi connectivity index (χ1n) is 12.3. The van der Waals surface area contributed by atoms with Crippen molar-refractivity contribution in [3.05, 3.63) is 87.8 Å². The highest BCUT2D eigenvalue weighted by Crippen LogP contribution is 2.22. The first-order chi connectivity index (χ1) is 18.8. The number of carbonyl (C=O) groups is 2. The molecule has 0 saturated heterocycles. The predicted octanol–water partition coefficient (Wildman–Crippen LogP) is 4.66. The van der Waals surface area contributed by atoms with Gasteiger partial charge in [0.2, 0.25) is 0 Å². The SMILES string of the molecule is CCc1cc(F)cc(C)c1C(=O)NC(Cc1ccc(-c2nsc(CNc3cc(OC)ccn3)n2)cc1)C(=O)O. The van der Waals surface area contributed by atoms with Gasteiger partial charge in [0.1, 0.15) is 28.4 Å². The molecule has 4 aromatic rings. The molecule has 202 valence electrons. The number of anilines is 1. The molecular weight excluding hydrogens is 521 g/mol. The molecule has 39 heavy (non-hydrogen) atoms. The highest BCUT2D eigenvalue weighted by atomic mass is 32.1. The number of hydrogen-bond donors (Lipinski definition) is 3. The molecule has 0 aliphatic carbocycles. The monoisotopic (exact) mass is 549 g/mol. The zero-order valence-electron chi connectivity index (χ0n) is 21.7. The lowest BCUT2D eigenvalue weighted by Crippen LogP contribution is -2.42. The number of nitrogens with zero attached hydrogens (tertiary/aromatic N) is 3. The second-order valence-corrected chi connectivity index (χ2v) is 9.66. The topological polar surface area (TPSA) is 126 Å². The van der Waals surface area contributed by atoms with Crippen molar-refractivity contribution in [2.75, 3.05) is 12.4 Å². The Labute approximate surface area is 229 Å². The highest BCUT2D eigenvalue weighted by Gasteiger charge is 2.24. The van der Waals surface area contributed by atoms with Crippen LogP contribution in [0.25, 0.3) is 11.4 Å². The Kier molecular flexibility index (Phi) is 8.82. The number of carboxylic acids is 1. The summed E-state index contributed by atoms with van der Waals surface area (Å²) in [6.45, 7) is 3.90. The summed E-state index contributed by atoms with van der Waals surface area (Å²) in [5, 5.41) is 16.3. The molecule has 11 heteroatoms. The summed E-state index contributed by atoms with van der Waals surface area (Å²) in [5.74, 6) is -0.200. The van der Waals surface area contributed by atoms with Crippen LogP contribution in [0.5, 0.6) is 5.75 Å². The summed E-state index contributed by atoms with van der Waals surface area (Å²) in [4.78, 5) is 33.7. The minimum Gasteiger partial charge on any atom is -0.497 e. The van der Waals surface area contributed by atoms with Crippen LogP contribution in [0.4, 0.5) is 10.2 Å². The maximum atomic E-state index is 13.8. The summed E-state index contributed by atoms with van der Waals surface area (Å²) >= 11 is 1.27. The third-order valence-electron chi connectivity index (χ3n) is 6.10. The van der Waals surface area contributed by atoms with Gasteiger partial charge < -0.3 is 20.5 Å². The van der Waals surface area contributed by atoms with E-state index in [0.717, 1.165) is 16.1 Å². The van der Waals surface area contributed by atoms with Crippen LogP contribution < -0.4 is 15.4 Å². The number of ether oxygens (including phenoxy) is 1. The average molecular weight is 550 g/mol. The normalized spacial score (nSPS) is 11.6. The number of aromatic nitrogens is 3. The molecule has 0 radical (unpaired) electrons. The first-order valence-corrected chi connectivity index (χ1v) is 13.0. The number of benzene rings is 2. The first kappa shape index (κ1) is 27.6. The van der Waals surface area contributed by atoms with Crippen LogP contribution in [0, 0.1) is 12.7 Å². The van der Waals surface area contributed by atoms with Crippen LogP contribution in [0.3, 0.4) is 0 Å². The molecule has 2 aromatic heterocycles. The van der Waals surface area contributed by atoms with E-state index in [9.17, 15) is 19.1 Å². The molecule has 0 aliphatic heterocycles. The summed E-state index contributed by atoms with van der Waals surface area (Å²) in [6.07, 6.45) is 2.18. The Morgan fingerprint density at radius 2 is 1.92 bits per heavy atom. The van der Waals surface area contributed by atoms with Crippen molar-refractivity contribution in [1.82, 2.24) is 19.7 Å². The van der Waals surface area contributed by atoms with E-state index >= 15 is 0 Å². The summed E-state index contributed by atoms with van der Waals surface area (Å²) in [7, 11) is 1.59. The minimum atomic E-state index is -1.16. The van der Waals surface area contributed by atoms with Crippen molar-refractivity contribution >= 4 is 29.2 Å². The number of carbonyl (C=O) groups excluding carboxylic acids is 1. The number of nitrogens with one attached hydrogen (secondary N) is 2. The molecule has 1 atom stereocenters. The fourth-order valence-electron chi connectivity index (χ4n) is 4.12. The zero-order chi connectivity index (χ0) is 27.9. The fourth-order valence-corrected chi connectivity index (χ4v) is 4.72. The molecule has 4 rings (SSSR count). The van der Waals surface area contributed by atoms with Gasteiger partial charge in [-0.05, 0) is 59.8 Å². The molecule has 0 fully saturated rings. The molecule has 0 saturated carbocycles. The Balaban J connectivity index is 1.40. The Morgan fingerprint density at radius 3 is 2.62 bits per heavy atom. The molecule has 9 nitrogen and oxygen atoms in total. The predicted molar refractivity (Wildman–Crippen MR) is 147 cm³/mol. The zero-order valence-corrected chi connectivity index (χ0v) is 22.5. The van der Waals surface area contributed by atoms with Gasteiger partial charge in [-0.15, -0.1) is 0 Å². The second-order valence-electron chi connectivity index (χ2n) is 8.82. The van der Waals surface area contributed by atoms with Gasteiger partial charge in [-0.25, -0.2) is 19.2 Å². The smallest absolute Gasteiger partial charge is 0.326 e. The van der Waals surface area contributed by atoms with Crippen molar-refractivity contribution in [3.8, 4) is 17.1 Å². The molecule has 3 N–H and O–H groups in total. The number of aliphatic carboxylic acids is 1. The second kappa shape index (κ2) is 12.4. The highest BCUT2D eigenvalue weighted by molar-refractivity contribution is 7.05. The number of amides is 1. The maximum Gasteiger partial charge on any atom is 0.326 e. The summed E-state index contributed by atoms with van der Waals surface area (Å²) in [6, 6.07) is 12.2. The number of aryl methyl sites for hydroxylation is 2. The van der Waals surface area contributed by atoms with Crippen molar-refractivity contribution in [1.29, 1.82) is 0 Å². The standard InChI is InChI=1S/C28H28FN5O4S/c1-4-18-13-20(29)11-16(2)25(18)27(35)32-22(28(36)37)12-17-5-7-19(8-6-17)26-33-24(39-34-26)15-31-23-14-21(38-3)9-10-30-23/h5-11,13-14,22H,4,12,15H2,1-3H3,(H,30,31)(H,32,35)(H,36,37). The lowest BCUT2D eigenvalue weighted by atomic mass is 9.98. The van der Waals surface area contributed by atoms with E-state index < -0.39 is 23.7 Å². The van der Waals surface area contributed by atoms with E-state index in [1.165, 1.54) is 23.7 Å². The number of hydrogen-bond acceptors (Lipinski definition) is 8. The van der Waals surface area contributed by atoms with Gasteiger partial charge in [0.15, 0.2) is 5.82 Å². The van der Waals surface area contributed by atoms with Crippen LogP contribution in [0.15, 0.2) is 54.7 Å². The van der Waals surface area contributed by atoms with Crippen LogP contribution in [0.1, 0.15) is 39.0 Å². The third kappa shape index (κ3) is 6.94. The van der Waals surface area contributed by atoms with E-state index in [1.54, 1.807) is 44.5 Å². The van der Waals surface area contributed by atoms with Gasteiger partial charge in [0.25, 0.3) is 5.91 Å². The summed E-state index contributed by atoms with van der Waals surface area (Å²) in [5.41, 5.74) is 2.81. The average Bonchev–Trinajstić information content (AvgIpc) is 3.40. The van der Waals surface area contributed by atoms with E-state index in [-0.39, 0.29) is 6.42 Å². The van der Waals surface area contributed by atoms with E-state index in [0.29, 0.717) is 47.0 Å². The Morgan fingerprint density at radius 1 is 1.15 bits per heavy atom. The molecular formula is C28H28FN5O4S. The third-order valence-corrected chi connectivity index (χ3v) is 6.81. The van der Waals surface area contributed by atoms with Gasteiger partial charge in [0.05, 0.1) is 13.7 Å². The van der Waals surface area contributed by atoms with Crippen LogP contribution >= 0.6 is 11.5 Å². The fraction of sp³-hybridized carbons (Fsp3) is 0.250. The number of rotatable bonds is 11. The number of pyridine rings is 1. The lowest BCUT2D eigenvalue weighted by molar-refractivity contribution is -0.139. The number of methoxy groups -OCH3 is 1. The van der Waals surface area contributed by atoms with Gasteiger partial charge >= 0.3 is 5.97 Å². The molecule has 0 aliphatic rings. The van der Waals surface area contributed by atoms with Crippen LogP contribution in [-0.4, -0.2) is 44.5 Å². The molecule has 1 amide bonds. The molecule has 1 unspecified atom stereocenters. The molecule has 0 spiro atoms. The van der Waals surface area contributed by atoms with E-state index in [1.807, 2.05) is 19.1 Å². The van der Waals surface area contributed by atoms with Crippen LogP contribution in [0.2, 0.25) is 0 Å². The lowest BCUT2D eigenvalue weighted by Gasteiger charge is -2.17. The Bertz CT molecular complexity index is 1480. The van der Waals surface area contributed by atoms with Gasteiger partial charge in [0, 0.05) is 29.8 Å². The maximum absolute atomic E-state index is 13.8. The van der Waals surface area contributed by atoms with Crippen molar-refractivity contribution in [3.63, 3.8) is 0 Å². The van der Waals surface area contributed by atoms with Crippen molar-refractivity contribution in [2.45, 2.75) is 39.3 Å². The van der Waals surface area contributed by atoms with Gasteiger partial charge in [-0.2, -0.15) is 4.37 Å². The van der Waals surface area contributed by atoms with Gasteiger partial charge in [-0.1, -0.05) is 31.2 Å². The van der Waals surface area contributed by atoms with E-state index in [4.69, 9.17) is 4.74 Å². The largest absolute Gasteiger partial charge is 0.497 e. The number of carboxylic acid groups (broad SMARTS) is 1. The Hall–Kier alpha value is -4.38. The summed E-state index contributed by atoms with van der Waals surface area (Å²) < 4.78 is 23.4. The van der Waals surface area contributed by atoms with Crippen molar-refractivity contribution < 1.29 is 23.8 Å². The molecule has 2 heterocycles. The van der Waals surface area contributed by atoms with Crippen molar-refractivity contribution in [2.24, 2.45) is 0 Å². The van der Waals surface area contributed by atoms with E-state index in [2.05, 4.69) is 25.0 Å². The molecule has 2 aromatic carbocycles. The van der Waals surface area contributed by atoms with Gasteiger partial charge in [-0.3, -0.25) is 4.79 Å². The minimum absolute atomic E-state index is 0.0796. The molecule has 0 bridgehead atoms. The van der Waals surface area contributed by atoms with Crippen LogP contribution in [-0.2, 0) is 24.2 Å². The quantitative estimate of drug-likeness (QED) is 0.247. The number of halogens is 1.